The second-order valence-corrected chi connectivity index (χ2v) is 3.94. The van der Waals surface area contributed by atoms with Gasteiger partial charge in [-0.2, -0.15) is 0 Å². The highest BCUT2D eigenvalue weighted by Gasteiger charge is 2.41. The van der Waals surface area contributed by atoms with Gasteiger partial charge in [0.05, 0.1) is 13.2 Å². The van der Waals surface area contributed by atoms with Gasteiger partial charge in [0, 0.05) is 6.42 Å². The Labute approximate surface area is 77.5 Å². The molecule has 0 amide bonds. The van der Waals surface area contributed by atoms with Gasteiger partial charge in [-0.1, -0.05) is 6.07 Å². The van der Waals surface area contributed by atoms with Crippen molar-refractivity contribution in [3.8, 4) is 5.75 Å². The summed E-state index contributed by atoms with van der Waals surface area (Å²) in [4.78, 5) is 0. The Kier molecular flexibility index (Phi) is 1.29. The maximum absolute atomic E-state index is 5.45. The number of fused-ring (bicyclic) bond motifs is 1. The maximum atomic E-state index is 5.45. The van der Waals surface area contributed by atoms with Crippen molar-refractivity contribution in [2.75, 3.05) is 13.2 Å². The van der Waals surface area contributed by atoms with Gasteiger partial charge >= 0.3 is 0 Å². The molecule has 1 saturated heterocycles. The molecule has 2 aliphatic rings. The first-order valence-electron chi connectivity index (χ1n) is 4.68. The smallest absolute Gasteiger partial charge is 0.122 e. The number of rotatable bonds is 1. The topological polar surface area (TPSA) is 21.8 Å². The maximum Gasteiger partial charge on any atom is 0.122 e. The van der Waals surface area contributed by atoms with Gasteiger partial charge in [0.25, 0.3) is 0 Å². The predicted octanol–water partition coefficient (Wildman–Crippen LogP) is 1.87. The lowest BCUT2D eigenvalue weighted by Crippen LogP contribution is -2.01. The highest BCUT2D eigenvalue weighted by molar-refractivity contribution is 5.42. The van der Waals surface area contributed by atoms with E-state index in [0.717, 1.165) is 25.4 Å². The summed E-state index contributed by atoms with van der Waals surface area (Å²) >= 11 is 0. The normalized spacial score (nSPS) is 29.6. The third kappa shape index (κ3) is 1.05. The van der Waals surface area contributed by atoms with Gasteiger partial charge in [-0.3, -0.25) is 0 Å². The zero-order valence-corrected chi connectivity index (χ0v) is 7.67. The summed E-state index contributed by atoms with van der Waals surface area (Å²) in [6, 6.07) is 6.39. The molecule has 2 heterocycles. The fourth-order valence-electron chi connectivity index (χ4n) is 1.79. The molecule has 0 aliphatic carbocycles. The quantitative estimate of drug-likeness (QED) is 0.609. The van der Waals surface area contributed by atoms with Crippen molar-refractivity contribution in [3.05, 3.63) is 29.3 Å². The van der Waals surface area contributed by atoms with Crippen molar-refractivity contribution < 1.29 is 9.47 Å². The average molecular weight is 176 g/mol. The van der Waals surface area contributed by atoms with Crippen LogP contribution in [0.3, 0.4) is 0 Å². The fraction of sp³-hybridized carbons (Fsp3) is 0.455. The van der Waals surface area contributed by atoms with Gasteiger partial charge in [0.2, 0.25) is 0 Å². The van der Waals surface area contributed by atoms with Gasteiger partial charge in [-0.15, -0.1) is 0 Å². The summed E-state index contributed by atoms with van der Waals surface area (Å²) in [7, 11) is 0. The van der Waals surface area contributed by atoms with E-state index in [2.05, 4.69) is 25.1 Å². The molecule has 0 N–H and O–H groups in total. The van der Waals surface area contributed by atoms with Crippen LogP contribution in [0.25, 0.3) is 0 Å². The molecule has 1 aromatic carbocycles. The van der Waals surface area contributed by atoms with Crippen LogP contribution in [0.4, 0.5) is 0 Å². The van der Waals surface area contributed by atoms with Crippen molar-refractivity contribution in [2.45, 2.75) is 18.9 Å². The highest BCUT2D eigenvalue weighted by Crippen LogP contribution is 2.40. The highest BCUT2D eigenvalue weighted by atomic mass is 16.6. The molecule has 68 valence electrons. The van der Waals surface area contributed by atoms with E-state index in [1.165, 1.54) is 11.1 Å². The largest absolute Gasteiger partial charge is 0.493 e. The van der Waals surface area contributed by atoms with E-state index in [1.54, 1.807) is 0 Å². The first kappa shape index (κ1) is 7.39. The SMILES string of the molecule is CC1(c2ccc3c(c2)CCO3)CO1. The van der Waals surface area contributed by atoms with Gasteiger partial charge in [-0.05, 0) is 30.2 Å². The van der Waals surface area contributed by atoms with Crippen LogP contribution >= 0.6 is 0 Å². The van der Waals surface area contributed by atoms with E-state index in [4.69, 9.17) is 9.47 Å². The number of hydrogen-bond donors (Lipinski definition) is 0. The first-order valence-corrected chi connectivity index (χ1v) is 4.68. The molecule has 0 aromatic heterocycles. The minimum Gasteiger partial charge on any atom is -0.493 e. The Hall–Kier alpha value is -1.02. The Balaban J connectivity index is 2.05. The summed E-state index contributed by atoms with van der Waals surface area (Å²) in [5.74, 6) is 1.05. The van der Waals surface area contributed by atoms with Crippen molar-refractivity contribution in [1.29, 1.82) is 0 Å². The van der Waals surface area contributed by atoms with Gasteiger partial charge in [-0.25, -0.2) is 0 Å². The van der Waals surface area contributed by atoms with E-state index in [0.29, 0.717) is 0 Å². The monoisotopic (exact) mass is 176 g/mol. The Morgan fingerprint density at radius 2 is 2.23 bits per heavy atom. The lowest BCUT2D eigenvalue weighted by Gasteiger charge is -2.06. The molecule has 0 saturated carbocycles. The van der Waals surface area contributed by atoms with Gasteiger partial charge in [0.1, 0.15) is 11.4 Å². The molecule has 0 bridgehead atoms. The average Bonchev–Trinajstić information content (AvgIpc) is 2.74. The summed E-state index contributed by atoms with van der Waals surface area (Å²) in [5.41, 5.74) is 2.61. The number of benzene rings is 1. The van der Waals surface area contributed by atoms with Gasteiger partial charge in [0.15, 0.2) is 0 Å². The Bertz CT molecular complexity index is 353. The molecule has 1 fully saturated rings. The van der Waals surface area contributed by atoms with E-state index in [1.807, 2.05) is 0 Å². The lowest BCUT2D eigenvalue weighted by atomic mass is 9.99. The molecule has 2 aliphatic heterocycles. The van der Waals surface area contributed by atoms with Crippen LogP contribution in [0.2, 0.25) is 0 Å². The standard InChI is InChI=1S/C11H12O2/c1-11(7-13-11)9-2-3-10-8(6-9)4-5-12-10/h2-3,6H,4-5,7H2,1H3. The summed E-state index contributed by atoms with van der Waals surface area (Å²) in [6.45, 7) is 3.81. The summed E-state index contributed by atoms with van der Waals surface area (Å²) in [6.07, 6.45) is 1.04. The minimum atomic E-state index is -0.00236. The molecule has 1 aromatic rings. The zero-order chi connectivity index (χ0) is 8.89. The van der Waals surface area contributed by atoms with Crippen LogP contribution in [0.1, 0.15) is 18.1 Å². The van der Waals surface area contributed by atoms with E-state index >= 15 is 0 Å². The second-order valence-electron chi connectivity index (χ2n) is 3.94. The van der Waals surface area contributed by atoms with Crippen LogP contribution in [-0.2, 0) is 16.8 Å². The molecule has 2 heteroatoms. The second kappa shape index (κ2) is 2.26. The Morgan fingerprint density at radius 3 is 3.00 bits per heavy atom. The van der Waals surface area contributed by atoms with E-state index in [9.17, 15) is 0 Å². The number of hydrogen-bond acceptors (Lipinski definition) is 2. The number of epoxide rings is 1. The van der Waals surface area contributed by atoms with Crippen LogP contribution in [0.15, 0.2) is 18.2 Å². The van der Waals surface area contributed by atoms with Crippen LogP contribution in [-0.4, -0.2) is 13.2 Å². The predicted molar refractivity (Wildman–Crippen MR) is 48.9 cm³/mol. The molecule has 13 heavy (non-hydrogen) atoms. The van der Waals surface area contributed by atoms with Gasteiger partial charge < -0.3 is 9.47 Å². The molecule has 1 atom stereocenters. The third-order valence-electron chi connectivity index (χ3n) is 2.88. The zero-order valence-electron chi connectivity index (χ0n) is 7.67. The molecular formula is C11H12O2. The minimum absolute atomic E-state index is 0.00236. The molecule has 0 radical (unpaired) electrons. The molecule has 3 rings (SSSR count). The van der Waals surface area contributed by atoms with Crippen molar-refractivity contribution in [1.82, 2.24) is 0 Å². The van der Waals surface area contributed by atoms with E-state index < -0.39 is 0 Å². The van der Waals surface area contributed by atoms with Crippen LogP contribution < -0.4 is 4.74 Å². The first-order chi connectivity index (χ1) is 6.28. The van der Waals surface area contributed by atoms with Crippen LogP contribution in [0.5, 0.6) is 5.75 Å². The van der Waals surface area contributed by atoms with Crippen molar-refractivity contribution in [2.24, 2.45) is 0 Å². The molecule has 1 unspecified atom stereocenters. The summed E-state index contributed by atoms with van der Waals surface area (Å²) in [5, 5.41) is 0. The summed E-state index contributed by atoms with van der Waals surface area (Å²) < 4.78 is 10.8. The Morgan fingerprint density at radius 1 is 1.38 bits per heavy atom. The number of ether oxygens (including phenoxy) is 2. The lowest BCUT2D eigenvalue weighted by molar-refractivity contribution is 0.329. The molecule has 0 spiro atoms. The molecular weight excluding hydrogens is 164 g/mol. The van der Waals surface area contributed by atoms with Crippen molar-refractivity contribution >= 4 is 0 Å². The third-order valence-corrected chi connectivity index (χ3v) is 2.88. The molecule has 2 nitrogen and oxygen atoms in total. The van der Waals surface area contributed by atoms with Crippen molar-refractivity contribution in [3.63, 3.8) is 0 Å². The van der Waals surface area contributed by atoms with Crippen LogP contribution in [0, 0.1) is 0 Å². The fourth-order valence-corrected chi connectivity index (χ4v) is 1.79. The van der Waals surface area contributed by atoms with E-state index in [-0.39, 0.29) is 5.60 Å².